The third kappa shape index (κ3) is 20.7. The average molecular weight is 1110 g/mol. The summed E-state index contributed by atoms with van der Waals surface area (Å²) in [5, 5.41) is 8.96. The fourth-order valence-electron chi connectivity index (χ4n) is 9.54. The zero-order valence-electron chi connectivity index (χ0n) is 48.1. The van der Waals surface area contributed by atoms with Crippen LogP contribution in [0.15, 0.2) is 84.9 Å². The number of carbonyl (C=O) groups is 7. The summed E-state index contributed by atoms with van der Waals surface area (Å²) in [6.45, 7) is 9.57. The van der Waals surface area contributed by atoms with E-state index in [4.69, 9.17) is 48.5 Å². The van der Waals surface area contributed by atoms with E-state index in [2.05, 4.69) is 39.9 Å². The van der Waals surface area contributed by atoms with Crippen LogP contribution in [0.5, 0.6) is 5.75 Å². The van der Waals surface area contributed by atoms with Gasteiger partial charge in [0.1, 0.15) is 43.1 Å². The molecule has 0 spiro atoms. The smallest absolute Gasteiger partial charge is 0.248 e. The molecule has 2 heterocycles. The number of rotatable bonds is 28. The fourth-order valence-corrected chi connectivity index (χ4v) is 9.54. The van der Waals surface area contributed by atoms with Crippen LogP contribution in [-0.2, 0) is 52.7 Å². The van der Waals surface area contributed by atoms with Crippen molar-refractivity contribution in [2.24, 2.45) is 5.73 Å². The number of hydrogen-bond donors (Lipinski definition) is 4. The average Bonchev–Trinajstić information content (AvgIpc) is 4.18. The normalized spacial score (nSPS) is 17.2. The minimum atomic E-state index is -1.09. The van der Waals surface area contributed by atoms with Gasteiger partial charge in [0, 0.05) is 58.9 Å². The maximum atomic E-state index is 14.1. The van der Waals surface area contributed by atoms with Gasteiger partial charge in [0.2, 0.25) is 45.2 Å². The summed E-state index contributed by atoms with van der Waals surface area (Å²) in [6.07, 6.45) is 14.3. The van der Waals surface area contributed by atoms with Gasteiger partial charge in [-0.05, 0) is 108 Å². The molecule has 0 aliphatic carbocycles. The van der Waals surface area contributed by atoms with E-state index in [0.717, 1.165) is 53.2 Å². The van der Waals surface area contributed by atoms with Gasteiger partial charge in [-0.25, -0.2) is 0 Å². The second kappa shape index (κ2) is 34.2. The van der Waals surface area contributed by atoms with Crippen LogP contribution in [0, 0.1) is 24.7 Å². The number of nitrogens with zero attached hydrogens (tertiary/aromatic N) is 5. The Bertz CT molecular complexity index is 2590. The molecule has 5 rings (SSSR count). The highest BCUT2D eigenvalue weighted by Crippen LogP contribution is 2.23. The van der Waals surface area contributed by atoms with Crippen LogP contribution in [0.2, 0.25) is 0 Å². The van der Waals surface area contributed by atoms with Gasteiger partial charge < -0.3 is 60.4 Å². The molecule has 2 aliphatic heterocycles. The van der Waals surface area contributed by atoms with Gasteiger partial charge >= 0.3 is 0 Å². The SMILES string of the molecule is [B]C(=O)N(C)[C@@H](C)C(=O)N[C@H](C(=O)N1CCC[C@H]1CN(CCc1ccccc1)C(=O)[C@H](N)Cc1ccc(OC)cc1)[C@@H](C)OCC#C.[B]C(=O)N(C)[C@@H](C)C(=O)N[C@H](C(=O)N1CCC[C@H]1CNCCc1ccccc1)[C@@H](C)OCC#C. The molecule has 5 N–H and O–H groups in total. The molecule has 21 heteroatoms. The molecule has 3 aromatic carbocycles. The number of nitrogens with one attached hydrogen (secondary N) is 3. The van der Waals surface area contributed by atoms with Gasteiger partial charge in [-0.2, -0.15) is 0 Å². The number of amides is 7. The first-order valence-corrected chi connectivity index (χ1v) is 27.5. The van der Waals surface area contributed by atoms with Crippen molar-refractivity contribution < 1.29 is 47.8 Å². The maximum Gasteiger partial charge on any atom is 0.248 e. The lowest BCUT2D eigenvalue weighted by Crippen LogP contribution is -2.59. The van der Waals surface area contributed by atoms with Crippen LogP contribution in [0.4, 0.5) is 9.59 Å². The molecule has 0 bridgehead atoms. The van der Waals surface area contributed by atoms with E-state index in [9.17, 15) is 33.6 Å². The number of hydrogen-bond acceptors (Lipinski definition) is 12. The molecule has 81 heavy (non-hydrogen) atoms. The van der Waals surface area contributed by atoms with E-state index in [1.54, 1.807) is 42.6 Å². The maximum absolute atomic E-state index is 14.1. The zero-order chi connectivity index (χ0) is 59.6. The van der Waals surface area contributed by atoms with Gasteiger partial charge in [0.05, 0.1) is 25.4 Å². The van der Waals surface area contributed by atoms with Crippen molar-refractivity contribution in [3.63, 3.8) is 0 Å². The number of methoxy groups -OCH3 is 1. The highest BCUT2D eigenvalue weighted by Gasteiger charge is 2.40. The van der Waals surface area contributed by atoms with Crippen LogP contribution in [0.25, 0.3) is 0 Å². The van der Waals surface area contributed by atoms with Gasteiger partial charge in [-0.3, -0.25) is 33.6 Å². The molecule has 9 atom stereocenters. The molecule has 2 fully saturated rings. The molecule has 0 aromatic heterocycles. The topological polar surface area (TPSA) is 225 Å². The Morgan fingerprint density at radius 3 is 1.59 bits per heavy atom. The Labute approximate surface area is 481 Å². The van der Waals surface area contributed by atoms with Gasteiger partial charge in [-0.15, -0.1) is 12.8 Å². The predicted molar refractivity (Wildman–Crippen MR) is 313 cm³/mol. The van der Waals surface area contributed by atoms with Crippen LogP contribution in [0.3, 0.4) is 0 Å². The van der Waals surface area contributed by atoms with E-state index in [1.807, 2.05) is 72.8 Å². The summed E-state index contributed by atoms with van der Waals surface area (Å²) >= 11 is 0. The van der Waals surface area contributed by atoms with Crippen molar-refractivity contribution in [2.75, 3.05) is 73.7 Å². The molecule has 19 nitrogen and oxygen atoms in total. The summed E-state index contributed by atoms with van der Waals surface area (Å²) < 4.78 is 16.5. The number of likely N-dealkylation sites (N-methyl/N-ethyl adjacent to an activating group) is 2. The molecule has 7 amide bonds. The molecule has 0 saturated carbocycles. The quantitative estimate of drug-likeness (QED) is 0.0468. The van der Waals surface area contributed by atoms with E-state index in [-0.39, 0.29) is 49.6 Å². The number of nitrogens with two attached hydrogens (primary N) is 1. The number of terminal acetylenes is 2. The van der Waals surface area contributed by atoms with E-state index < -0.39 is 65.8 Å². The minimum absolute atomic E-state index is 0.0159. The molecule has 2 aliphatic rings. The molecular formula is C60H81B2N9O10. The lowest BCUT2D eigenvalue weighted by Gasteiger charge is -2.36. The molecule has 4 radical (unpaired) electrons. The van der Waals surface area contributed by atoms with Crippen molar-refractivity contribution in [3.05, 3.63) is 102 Å². The van der Waals surface area contributed by atoms with Crippen molar-refractivity contribution in [2.45, 2.75) is 127 Å². The first-order chi connectivity index (χ1) is 38.7. The van der Waals surface area contributed by atoms with Crippen LogP contribution in [-0.4, -0.2) is 210 Å². The Balaban J connectivity index is 0.000000367. The third-order valence-corrected chi connectivity index (χ3v) is 14.9. The second-order valence-electron chi connectivity index (χ2n) is 20.4. The van der Waals surface area contributed by atoms with Gasteiger partial charge in [-0.1, -0.05) is 84.6 Å². The summed E-state index contributed by atoms with van der Waals surface area (Å²) in [7, 11) is 15.1. The zero-order valence-corrected chi connectivity index (χ0v) is 48.1. The molecule has 432 valence electrons. The van der Waals surface area contributed by atoms with E-state index >= 15 is 0 Å². The molecule has 2 saturated heterocycles. The van der Waals surface area contributed by atoms with Gasteiger partial charge in [0.15, 0.2) is 11.6 Å². The minimum Gasteiger partial charge on any atom is -0.497 e. The monoisotopic (exact) mass is 1110 g/mol. The highest BCUT2D eigenvalue weighted by atomic mass is 16.5. The lowest BCUT2D eigenvalue weighted by molar-refractivity contribution is -0.143. The van der Waals surface area contributed by atoms with Crippen LogP contribution < -0.4 is 26.4 Å². The third-order valence-electron chi connectivity index (χ3n) is 14.9. The van der Waals surface area contributed by atoms with Crippen molar-refractivity contribution in [3.8, 4) is 30.4 Å². The van der Waals surface area contributed by atoms with E-state index in [0.29, 0.717) is 51.2 Å². The Morgan fingerprint density at radius 2 is 1.14 bits per heavy atom. The summed E-state index contributed by atoms with van der Waals surface area (Å²) in [5.74, 6) is 2.12. The number of likely N-dealkylation sites (tertiary alicyclic amines) is 2. The largest absolute Gasteiger partial charge is 0.497 e. The van der Waals surface area contributed by atoms with Crippen molar-refractivity contribution in [1.29, 1.82) is 0 Å². The number of benzene rings is 3. The number of carbonyl (C=O) groups excluding carboxylic acids is 7. The Kier molecular flexibility index (Phi) is 28.0. The number of ether oxygens (including phenoxy) is 3. The predicted octanol–water partition coefficient (Wildman–Crippen LogP) is 2.70. The first-order valence-electron chi connectivity index (χ1n) is 27.5. The first kappa shape index (κ1) is 66.4. The van der Waals surface area contributed by atoms with Crippen molar-refractivity contribution >= 4 is 56.8 Å². The summed E-state index contributed by atoms with van der Waals surface area (Å²) in [6, 6.07) is 22.6. The Morgan fingerprint density at radius 1 is 0.679 bits per heavy atom. The van der Waals surface area contributed by atoms with Gasteiger partial charge in [0.25, 0.3) is 0 Å². The standard InChI is InChI=1S/C35H46BN5O6.C25H35BN4O4/c1-6-21-47-25(3)31(38-32(42)24(2)39(4)35(36)45)34(44)41-19-10-13-28(41)23-40(20-18-26-11-8-7-9-12-26)33(43)30(37)22-27-14-16-29(46-5)17-15-27;1-5-16-34-19(3)22(28-23(31)18(2)29(4)25(26)33)24(32)30-15-9-12-21(30)17-27-14-13-20-10-7-6-8-11-20/h1,7-9,11-12,14-17,24-25,28,30-31H,10,13,18-23,37H2,2-5H3,(H,38,42);1,6-8,10-11,18-19,21-22,27H,9,12-17H2,2-4H3,(H,28,31)/t24-,25+,28-,30+,31-;18-,19+,21-,22-/m00/s1. The molecular weight excluding hydrogens is 1030 g/mol. The van der Waals surface area contributed by atoms with Crippen LogP contribution >= 0.6 is 0 Å². The van der Waals surface area contributed by atoms with E-state index in [1.165, 1.54) is 26.6 Å². The molecule has 3 aromatic rings. The summed E-state index contributed by atoms with van der Waals surface area (Å²) in [4.78, 5) is 98.0. The Hall–Kier alpha value is -7.16. The summed E-state index contributed by atoms with van der Waals surface area (Å²) in [5.41, 5.74) is 9.74. The highest BCUT2D eigenvalue weighted by molar-refractivity contribution is 6.57. The van der Waals surface area contributed by atoms with Crippen LogP contribution in [0.1, 0.15) is 70.1 Å². The fraction of sp³-hybridized carbons (Fsp3) is 0.517. The second-order valence-corrected chi connectivity index (χ2v) is 20.4. The van der Waals surface area contributed by atoms with Crippen molar-refractivity contribution in [1.82, 2.24) is 40.4 Å². The lowest BCUT2D eigenvalue weighted by atomic mass is 10.0. The molecule has 0 unspecified atom stereocenters.